The molecule has 1 N–H and O–H groups in total. The van der Waals surface area contributed by atoms with Gasteiger partial charge in [-0.25, -0.2) is 0 Å². The van der Waals surface area contributed by atoms with Crippen LogP contribution in [0.2, 0.25) is 0 Å². The Morgan fingerprint density at radius 2 is 2.45 bits per heavy atom. The second-order valence-corrected chi connectivity index (χ2v) is 2.42. The fourth-order valence-electron chi connectivity index (χ4n) is 0.797. The van der Waals surface area contributed by atoms with E-state index >= 15 is 0 Å². The van der Waals surface area contributed by atoms with E-state index in [1.165, 1.54) is 6.26 Å². The average Bonchev–Trinajstić information content (AvgIpc) is 2.53. The van der Waals surface area contributed by atoms with E-state index in [1.807, 2.05) is 0 Å². The summed E-state index contributed by atoms with van der Waals surface area (Å²) in [4.78, 5) is 0. The van der Waals surface area contributed by atoms with Crippen LogP contribution in [0, 0.1) is 18.3 Å². The largest absolute Gasteiger partial charge is 0.467 e. The van der Waals surface area contributed by atoms with Crippen LogP contribution in [0.1, 0.15) is 18.8 Å². The van der Waals surface area contributed by atoms with Crippen molar-refractivity contribution in [3.63, 3.8) is 0 Å². The molecule has 2 nitrogen and oxygen atoms in total. The summed E-state index contributed by atoms with van der Waals surface area (Å²) in [5.74, 6) is 2.76. The predicted octanol–water partition coefficient (Wildman–Crippen LogP) is 1.58. The second kappa shape index (κ2) is 3.27. The molecule has 0 spiro atoms. The van der Waals surface area contributed by atoms with Crippen LogP contribution in [0.3, 0.4) is 0 Å². The van der Waals surface area contributed by atoms with Crippen molar-refractivity contribution in [2.24, 2.45) is 5.92 Å². The Morgan fingerprint density at radius 1 is 1.73 bits per heavy atom. The lowest BCUT2D eigenvalue weighted by Gasteiger charge is -2.09. The molecule has 0 unspecified atom stereocenters. The minimum absolute atomic E-state index is 0.207. The van der Waals surface area contributed by atoms with Gasteiger partial charge in [-0.2, -0.15) is 0 Å². The van der Waals surface area contributed by atoms with Crippen LogP contribution in [-0.2, 0) is 0 Å². The van der Waals surface area contributed by atoms with E-state index in [0.29, 0.717) is 5.76 Å². The molecule has 1 heterocycles. The maximum Gasteiger partial charge on any atom is 0.133 e. The predicted molar refractivity (Wildman–Crippen MR) is 41.7 cm³/mol. The lowest BCUT2D eigenvalue weighted by atomic mass is 10.0. The highest BCUT2D eigenvalue weighted by Gasteiger charge is 2.15. The van der Waals surface area contributed by atoms with Crippen molar-refractivity contribution in [1.29, 1.82) is 0 Å². The summed E-state index contributed by atoms with van der Waals surface area (Å²) in [6.07, 6.45) is 5.96. The molecule has 1 aromatic rings. The smallest absolute Gasteiger partial charge is 0.133 e. The maximum absolute atomic E-state index is 9.44. The molecule has 2 heteroatoms. The van der Waals surface area contributed by atoms with Gasteiger partial charge < -0.3 is 9.52 Å². The molecule has 0 saturated carbocycles. The number of aliphatic hydroxyl groups excluding tert-OH is 1. The van der Waals surface area contributed by atoms with Gasteiger partial charge in [0, 0.05) is 0 Å². The molecule has 2 atom stereocenters. The summed E-state index contributed by atoms with van der Waals surface area (Å²) in [7, 11) is 0. The fourth-order valence-corrected chi connectivity index (χ4v) is 0.797. The Morgan fingerprint density at radius 3 is 2.91 bits per heavy atom. The Bertz CT molecular complexity index is 243. The van der Waals surface area contributed by atoms with Crippen LogP contribution < -0.4 is 0 Å². The molecular formula is C9H10O2. The van der Waals surface area contributed by atoms with Crippen LogP contribution in [0.4, 0.5) is 0 Å². The summed E-state index contributed by atoms with van der Waals surface area (Å²) < 4.78 is 4.97. The van der Waals surface area contributed by atoms with Gasteiger partial charge in [0.2, 0.25) is 0 Å². The Labute approximate surface area is 65.8 Å². The molecule has 0 fully saturated rings. The molecule has 0 radical (unpaired) electrons. The standard InChI is InChI=1S/C9H10O2/c1-3-7(2)9(10)8-5-4-6-11-8/h1,4-7,9-10H,2H3/t7-,9-/m0/s1. The minimum atomic E-state index is -0.685. The van der Waals surface area contributed by atoms with E-state index < -0.39 is 6.10 Å². The molecule has 1 rings (SSSR count). The zero-order valence-corrected chi connectivity index (χ0v) is 6.32. The third-order valence-corrected chi connectivity index (χ3v) is 1.57. The molecule has 11 heavy (non-hydrogen) atoms. The van der Waals surface area contributed by atoms with Gasteiger partial charge in [0.1, 0.15) is 11.9 Å². The number of rotatable bonds is 2. The molecule has 58 valence electrons. The molecule has 0 bridgehead atoms. The monoisotopic (exact) mass is 150 g/mol. The zero-order valence-electron chi connectivity index (χ0n) is 6.32. The third-order valence-electron chi connectivity index (χ3n) is 1.57. The van der Waals surface area contributed by atoms with E-state index in [9.17, 15) is 5.11 Å². The first-order valence-corrected chi connectivity index (χ1v) is 3.43. The van der Waals surface area contributed by atoms with Gasteiger partial charge >= 0.3 is 0 Å². The topological polar surface area (TPSA) is 33.4 Å². The molecule has 0 aliphatic heterocycles. The van der Waals surface area contributed by atoms with E-state index in [0.717, 1.165) is 0 Å². The zero-order chi connectivity index (χ0) is 8.27. The lowest BCUT2D eigenvalue weighted by molar-refractivity contribution is 0.118. The lowest BCUT2D eigenvalue weighted by Crippen LogP contribution is -2.05. The Balaban J connectivity index is 2.71. The highest BCUT2D eigenvalue weighted by Crippen LogP contribution is 2.20. The van der Waals surface area contributed by atoms with Gasteiger partial charge in [0.05, 0.1) is 12.2 Å². The van der Waals surface area contributed by atoms with Crippen molar-refractivity contribution in [1.82, 2.24) is 0 Å². The molecule has 0 aliphatic carbocycles. The number of terminal acetylenes is 1. The SMILES string of the molecule is C#C[C@H](C)[C@H](O)c1ccco1. The quantitative estimate of drug-likeness (QED) is 0.649. The summed E-state index contributed by atoms with van der Waals surface area (Å²) in [5.41, 5.74) is 0. The first-order chi connectivity index (χ1) is 5.25. The normalized spacial score (nSPS) is 15.4. The molecule has 0 aliphatic rings. The Hall–Kier alpha value is -1.20. The van der Waals surface area contributed by atoms with Gasteiger partial charge in [-0.05, 0) is 19.1 Å². The molecular weight excluding hydrogens is 140 g/mol. The summed E-state index contributed by atoms with van der Waals surface area (Å²) in [6.45, 7) is 1.77. The number of hydrogen-bond acceptors (Lipinski definition) is 2. The van der Waals surface area contributed by atoms with Crippen LogP contribution in [0.15, 0.2) is 22.8 Å². The maximum atomic E-state index is 9.44. The van der Waals surface area contributed by atoms with Crippen molar-refractivity contribution in [3.05, 3.63) is 24.2 Å². The van der Waals surface area contributed by atoms with Crippen LogP contribution in [0.25, 0.3) is 0 Å². The second-order valence-electron chi connectivity index (χ2n) is 2.42. The van der Waals surface area contributed by atoms with Gasteiger partial charge in [-0.3, -0.25) is 0 Å². The van der Waals surface area contributed by atoms with Crippen molar-refractivity contribution in [2.45, 2.75) is 13.0 Å². The van der Waals surface area contributed by atoms with Gasteiger partial charge in [0.15, 0.2) is 0 Å². The molecule has 0 saturated heterocycles. The highest BCUT2D eigenvalue weighted by molar-refractivity contribution is 5.07. The van der Waals surface area contributed by atoms with Crippen molar-refractivity contribution in [2.75, 3.05) is 0 Å². The third kappa shape index (κ3) is 1.63. The van der Waals surface area contributed by atoms with E-state index in [-0.39, 0.29) is 5.92 Å². The Kier molecular flexibility index (Phi) is 2.35. The van der Waals surface area contributed by atoms with Crippen LogP contribution >= 0.6 is 0 Å². The molecule has 0 amide bonds. The summed E-state index contributed by atoms with van der Waals surface area (Å²) >= 11 is 0. The van der Waals surface area contributed by atoms with E-state index in [4.69, 9.17) is 10.8 Å². The van der Waals surface area contributed by atoms with Gasteiger partial charge in [-0.15, -0.1) is 12.3 Å². The first-order valence-electron chi connectivity index (χ1n) is 3.43. The summed E-state index contributed by atoms with van der Waals surface area (Å²) in [5, 5.41) is 9.44. The summed E-state index contributed by atoms with van der Waals surface area (Å²) in [6, 6.07) is 3.43. The first kappa shape index (κ1) is 7.90. The molecule has 0 aromatic carbocycles. The van der Waals surface area contributed by atoms with E-state index in [2.05, 4.69) is 5.92 Å². The number of hydrogen-bond donors (Lipinski definition) is 1. The van der Waals surface area contributed by atoms with Crippen molar-refractivity contribution < 1.29 is 9.52 Å². The van der Waals surface area contributed by atoms with Crippen molar-refractivity contribution in [3.8, 4) is 12.3 Å². The fraction of sp³-hybridized carbons (Fsp3) is 0.333. The number of aliphatic hydroxyl groups is 1. The van der Waals surface area contributed by atoms with Crippen molar-refractivity contribution >= 4 is 0 Å². The minimum Gasteiger partial charge on any atom is -0.467 e. The molecule has 1 aromatic heterocycles. The van der Waals surface area contributed by atoms with Gasteiger partial charge in [-0.1, -0.05) is 0 Å². The van der Waals surface area contributed by atoms with E-state index in [1.54, 1.807) is 19.1 Å². The highest BCUT2D eigenvalue weighted by atomic mass is 16.4. The number of furan rings is 1. The van der Waals surface area contributed by atoms with Crippen LogP contribution in [-0.4, -0.2) is 5.11 Å². The van der Waals surface area contributed by atoms with Gasteiger partial charge in [0.25, 0.3) is 0 Å². The average molecular weight is 150 g/mol. The van der Waals surface area contributed by atoms with Crippen LogP contribution in [0.5, 0.6) is 0 Å².